The number of carbonyl (C=O) groups is 2. The Hall–Kier alpha value is -1.69. The predicted molar refractivity (Wildman–Crippen MR) is 122 cm³/mol. The smallest absolute Gasteiger partial charge is 0.242 e. The molecule has 0 aliphatic carbocycles. The van der Waals surface area contributed by atoms with Crippen molar-refractivity contribution < 1.29 is 9.59 Å². The molecule has 1 atom stereocenters. The van der Waals surface area contributed by atoms with E-state index >= 15 is 0 Å². The van der Waals surface area contributed by atoms with Crippen LogP contribution in [0, 0.1) is 0 Å². The molecule has 156 valence electrons. The highest BCUT2D eigenvalue weighted by Crippen LogP contribution is 2.18. The average Bonchev–Trinajstić information content (AvgIpc) is 2.72. The van der Waals surface area contributed by atoms with Gasteiger partial charge >= 0.3 is 0 Å². The van der Waals surface area contributed by atoms with Crippen molar-refractivity contribution in [3.63, 3.8) is 0 Å². The molecule has 0 radical (unpaired) electrons. The second-order valence-corrected chi connectivity index (χ2v) is 8.59. The largest absolute Gasteiger partial charge is 0.354 e. The van der Waals surface area contributed by atoms with Gasteiger partial charge in [-0.3, -0.25) is 9.59 Å². The number of nitrogens with one attached hydrogen (secondary N) is 1. The van der Waals surface area contributed by atoms with Crippen molar-refractivity contribution in [2.45, 2.75) is 38.6 Å². The molecule has 0 saturated heterocycles. The molecule has 2 rings (SSSR count). The Morgan fingerprint density at radius 1 is 1.00 bits per heavy atom. The van der Waals surface area contributed by atoms with Gasteiger partial charge in [-0.05, 0) is 48.7 Å². The van der Waals surface area contributed by atoms with Gasteiger partial charge < -0.3 is 10.2 Å². The zero-order valence-corrected chi connectivity index (χ0v) is 19.0. The van der Waals surface area contributed by atoms with Crippen LogP contribution in [0.1, 0.15) is 31.4 Å². The van der Waals surface area contributed by atoms with Crippen LogP contribution in [0.3, 0.4) is 0 Å². The van der Waals surface area contributed by atoms with Gasteiger partial charge in [-0.2, -0.15) is 0 Å². The number of nitrogens with zero attached hydrogens (tertiary/aromatic N) is 1. The maximum atomic E-state index is 13.0. The summed E-state index contributed by atoms with van der Waals surface area (Å²) in [7, 11) is 0. The van der Waals surface area contributed by atoms with Crippen LogP contribution in [0.4, 0.5) is 0 Å². The number of thioether (sulfide) groups is 1. The van der Waals surface area contributed by atoms with E-state index in [1.54, 1.807) is 24.0 Å². The molecule has 29 heavy (non-hydrogen) atoms. The molecule has 0 aliphatic rings. The zero-order chi connectivity index (χ0) is 21.2. The van der Waals surface area contributed by atoms with Crippen LogP contribution < -0.4 is 5.32 Å². The molecule has 0 aliphatic heterocycles. The molecule has 0 fully saturated rings. The minimum absolute atomic E-state index is 0.0712. The third-order valence-electron chi connectivity index (χ3n) is 4.39. The fraction of sp³-hybridized carbons (Fsp3) is 0.364. The van der Waals surface area contributed by atoms with E-state index in [0.29, 0.717) is 34.6 Å². The van der Waals surface area contributed by atoms with Crippen LogP contribution in [-0.4, -0.2) is 35.1 Å². The van der Waals surface area contributed by atoms with Crippen molar-refractivity contribution in [1.82, 2.24) is 10.2 Å². The lowest BCUT2D eigenvalue weighted by Crippen LogP contribution is -2.48. The van der Waals surface area contributed by atoms with Crippen molar-refractivity contribution in [3.05, 3.63) is 69.7 Å². The summed E-state index contributed by atoms with van der Waals surface area (Å²) in [4.78, 5) is 27.1. The Balaban J connectivity index is 2.03. The molecule has 0 heterocycles. The molecule has 2 aromatic carbocycles. The van der Waals surface area contributed by atoms with Crippen LogP contribution >= 0.6 is 35.0 Å². The van der Waals surface area contributed by atoms with Gasteiger partial charge in [0.25, 0.3) is 0 Å². The number of rotatable bonds is 10. The second kappa shape index (κ2) is 12.1. The summed E-state index contributed by atoms with van der Waals surface area (Å²) in [6, 6.07) is 14.4. The summed E-state index contributed by atoms with van der Waals surface area (Å²) < 4.78 is 0. The summed E-state index contributed by atoms with van der Waals surface area (Å²) in [6.07, 6.45) is 0.848. The van der Waals surface area contributed by atoms with Gasteiger partial charge in [-0.1, -0.05) is 54.4 Å². The Morgan fingerprint density at radius 3 is 2.10 bits per heavy atom. The number of amides is 2. The van der Waals surface area contributed by atoms with E-state index in [1.165, 1.54) is 11.8 Å². The van der Waals surface area contributed by atoms with Crippen molar-refractivity contribution >= 4 is 46.8 Å². The van der Waals surface area contributed by atoms with E-state index in [9.17, 15) is 9.59 Å². The van der Waals surface area contributed by atoms with Gasteiger partial charge in [-0.25, -0.2) is 0 Å². The van der Waals surface area contributed by atoms with Crippen LogP contribution in [0.5, 0.6) is 0 Å². The Bertz CT molecular complexity index is 797. The Labute approximate surface area is 187 Å². The molecule has 0 bridgehead atoms. The summed E-state index contributed by atoms with van der Waals surface area (Å²) in [6.45, 7) is 4.72. The van der Waals surface area contributed by atoms with Crippen LogP contribution in [0.15, 0.2) is 48.5 Å². The van der Waals surface area contributed by atoms with E-state index < -0.39 is 6.04 Å². The molecule has 0 unspecified atom stereocenters. The summed E-state index contributed by atoms with van der Waals surface area (Å²) >= 11 is 13.4. The first-order valence-electron chi connectivity index (χ1n) is 9.54. The third-order valence-corrected chi connectivity index (χ3v) is 5.88. The lowest BCUT2D eigenvalue weighted by Gasteiger charge is -2.28. The molecular weight excluding hydrogens is 427 g/mol. The van der Waals surface area contributed by atoms with E-state index in [0.717, 1.165) is 17.5 Å². The standard InChI is InChI=1S/C22H26Cl2N2O2S/c1-3-12-25-22(28)16(2)26(13-17-4-8-19(23)9-5-17)21(27)15-29-14-18-6-10-20(24)11-7-18/h4-11,16H,3,12-15H2,1-2H3,(H,25,28)/t16-/m1/s1. The number of halogens is 2. The molecule has 1 N–H and O–H groups in total. The first-order chi connectivity index (χ1) is 13.9. The Kier molecular flexibility index (Phi) is 9.85. The first kappa shape index (κ1) is 23.6. The van der Waals surface area contributed by atoms with Gasteiger partial charge in [-0.15, -0.1) is 11.8 Å². The minimum atomic E-state index is -0.555. The first-order valence-corrected chi connectivity index (χ1v) is 11.5. The Morgan fingerprint density at radius 2 is 1.55 bits per heavy atom. The summed E-state index contributed by atoms with van der Waals surface area (Å²) in [5, 5.41) is 4.20. The van der Waals surface area contributed by atoms with E-state index in [4.69, 9.17) is 23.2 Å². The molecule has 0 spiro atoms. The van der Waals surface area contributed by atoms with Crippen molar-refractivity contribution in [2.75, 3.05) is 12.3 Å². The van der Waals surface area contributed by atoms with Gasteiger partial charge in [0.05, 0.1) is 5.75 Å². The number of carbonyl (C=O) groups excluding carboxylic acids is 2. The van der Waals surface area contributed by atoms with Crippen LogP contribution in [0.2, 0.25) is 10.0 Å². The van der Waals surface area contributed by atoms with Crippen molar-refractivity contribution in [2.24, 2.45) is 0 Å². The molecule has 7 heteroatoms. The van der Waals surface area contributed by atoms with Crippen LogP contribution in [-0.2, 0) is 21.9 Å². The SMILES string of the molecule is CCCNC(=O)[C@@H](C)N(Cc1ccc(Cl)cc1)C(=O)CSCc1ccc(Cl)cc1. The lowest BCUT2D eigenvalue weighted by molar-refractivity contribution is -0.138. The fourth-order valence-corrected chi connectivity index (χ4v) is 3.81. The maximum Gasteiger partial charge on any atom is 0.242 e. The van der Waals surface area contributed by atoms with Gasteiger partial charge in [0, 0.05) is 28.9 Å². The number of hydrogen-bond donors (Lipinski definition) is 1. The quantitative estimate of drug-likeness (QED) is 0.540. The second-order valence-electron chi connectivity index (χ2n) is 6.73. The third kappa shape index (κ3) is 7.92. The average molecular weight is 453 g/mol. The zero-order valence-electron chi connectivity index (χ0n) is 16.7. The molecule has 4 nitrogen and oxygen atoms in total. The van der Waals surface area contributed by atoms with Gasteiger partial charge in [0.2, 0.25) is 11.8 Å². The molecule has 2 aromatic rings. The van der Waals surface area contributed by atoms with Gasteiger partial charge in [0.15, 0.2) is 0 Å². The molecule has 0 saturated carbocycles. The monoisotopic (exact) mass is 452 g/mol. The fourth-order valence-electron chi connectivity index (χ4n) is 2.68. The normalized spacial score (nSPS) is 11.7. The van der Waals surface area contributed by atoms with Crippen molar-refractivity contribution in [3.8, 4) is 0 Å². The predicted octanol–water partition coefficient (Wildman–Crippen LogP) is 5.17. The maximum absolute atomic E-state index is 13.0. The number of hydrogen-bond acceptors (Lipinski definition) is 3. The molecule has 0 aromatic heterocycles. The van der Waals surface area contributed by atoms with E-state index in [2.05, 4.69) is 5.32 Å². The minimum Gasteiger partial charge on any atom is -0.354 e. The van der Waals surface area contributed by atoms with E-state index in [1.807, 2.05) is 43.3 Å². The van der Waals surface area contributed by atoms with E-state index in [-0.39, 0.29) is 11.8 Å². The molecule has 2 amide bonds. The molecular formula is C22H26Cl2N2O2S. The van der Waals surface area contributed by atoms with Crippen molar-refractivity contribution in [1.29, 1.82) is 0 Å². The highest BCUT2D eigenvalue weighted by atomic mass is 35.5. The summed E-state index contributed by atoms with van der Waals surface area (Å²) in [5.41, 5.74) is 2.03. The summed E-state index contributed by atoms with van der Waals surface area (Å²) in [5.74, 6) is 0.783. The highest BCUT2D eigenvalue weighted by Gasteiger charge is 2.25. The topological polar surface area (TPSA) is 49.4 Å². The van der Waals surface area contributed by atoms with Crippen LogP contribution in [0.25, 0.3) is 0 Å². The highest BCUT2D eigenvalue weighted by molar-refractivity contribution is 7.99. The van der Waals surface area contributed by atoms with Gasteiger partial charge in [0.1, 0.15) is 6.04 Å². The number of benzene rings is 2. The lowest BCUT2D eigenvalue weighted by atomic mass is 10.1.